The fourth-order valence-electron chi connectivity index (χ4n) is 1.58. The lowest BCUT2D eigenvalue weighted by Gasteiger charge is -2.13. The molecule has 1 N–H and O–H groups in total. The lowest BCUT2D eigenvalue weighted by Crippen LogP contribution is -2.25. The van der Waals surface area contributed by atoms with Crippen molar-refractivity contribution in [3.63, 3.8) is 0 Å². The maximum atomic E-state index is 3.92. The standard InChI is InChI=1S/C8H14N4S/c1-2-5-12(4-1)6-3-9-8-11-10-7-13-8/h7H,1-6H2,(H,9,11). The van der Waals surface area contributed by atoms with Crippen LogP contribution in [-0.4, -0.2) is 41.3 Å². The Hall–Kier alpha value is -0.680. The van der Waals surface area contributed by atoms with Crippen LogP contribution in [0.25, 0.3) is 0 Å². The van der Waals surface area contributed by atoms with Crippen molar-refractivity contribution in [2.24, 2.45) is 0 Å². The Morgan fingerprint density at radius 1 is 1.46 bits per heavy atom. The molecule has 1 aromatic rings. The van der Waals surface area contributed by atoms with Crippen LogP contribution in [0.4, 0.5) is 5.13 Å². The van der Waals surface area contributed by atoms with Gasteiger partial charge < -0.3 is 10.2 Å². The molecule has 5 heteroatoms. The molecule has 2 heterocycles. The molecule has 1 aliphatic heterocycles. The summed E-state index contributed by atoms with van der Waals surface area (Å²) < 4.78 is 0. The van der Waals surface area contributed by atoms with Gasteiger partial charge in [0, 0.05) is 13.1 Å². The van der Waals surface area contributed by atoms with E-state index in [-0.39, 0.29) is 0 Å². The lowest BCUT2D eigenvalue weighted by atomic mass is 10.4. The molecule has 0 radical (unpaired) electrons. The molecule has 0 aliphatic carbocycles. The molecular formula is C8H14N4S. The second kappa shape index (κ2) is 4.53. The average Bonchev–Trinajstić information content (AvgIpc) is 2.75. The van der Waals surface area contributed by atoms with Crippen molar-refractivity contribution in [1.82, 2.24) is 15.1 Å². The van der Waals surface area contributed by atoms with Crippen LogP contribution in [0, 0.1) is 0 Å². The third-order valence-electron chi connectivity index (χ3n) is 2.26. The molecule has 2 rings (SSSR count). The van der Waals surface area contributed by atoms with E-state index in [0.717, 1.165) is 18.2 Å². The zero-order valence-corrected chi connectivity index (χ0v) is 8.39. The van der Waals surface area contributed by atoms with Crippen molar-refractivity contribution in [2.45, 2.75) is 12.8 Å². The fourth-order valence-corrected chi connectivity index (χ4v) is 2.05. The van der Waals surface area contributed by atoms with Gasteiger partial charge in [0.1, 0.15) is 5.51 Å². The summed E-state index contributed by atoms with van der Waals surface area (Å²) in [5.74, 6) is 0. The van der Waals surface area contributed by atoms with Crippen molar-refractivity contribution in [1.29, 1.82) is 0 Å². The average molecular weight is 198 g/mol. The predicted molar refractivity (Wildman–Crippen MR) is 54.1 cm³/mol. The van der Waals surface area contributed by atoms with E-state index >= 15 is 0 Å². The maximum absolute atomic E-state index is 3.92. The van der Waals surface area contributed by atoms with Crippen LogP contribution in [0.1, 0.15) is 12.8 Å². The summed E-state index contributed by atoms with van der Waals surface area (Å²) in [6.07, 6.45) is 2.72. The zero-order valence-electron chi connectivity index (χ0n) is 7.57. The van der Waals surface area contributed by atoms with Crippen LogP contribution < -0.4 is 5.32 Å². The highest BCUT2D eigenvalue weighted by atomic mass is 32.1. The number of anilines is 1. The van der Waals surface area contributed by atoms with Gasteiger partial charge in [0.25, 0.3) is 0 Å². The molecule has 0 bridgehead atoms. The van der Waals surface area contributed by atoms with Gasteiger partial charge in [-0.15, -0.1) is 10.2 Å². The Morgan fingerprint density at radius 2 is 2.31 bits per heavy atom. The molecule has 1 aliphatic rings. The summed E-state index contributed by atoms with van der Waals surface area (Å²) >= 11 is 1.55. The molecular weight excluding hydrogens is 184 g/mol. The second-order valence-corrected chi connectivity index (χ2v) is 4.05. The summed E-state index contributed by atoms with van der Waals surface area (Å²) in [5.41, 5.74) is 1.75. The molecule has 13 heavy (non-hydrogen) atoms. The highest BCUT2D eigenvalue weighted by Gasteiger charge is 2.10. The quantitative estimate of drug-likeness (QED) is 0.785. The van der Waals surface area contributed by atoms with Crippen molar-refractivity contribution in [3.8, 4) is 0 Å². The minimum Gasteiger partial charge on any atom is -0.359 e. The predicted octanol–water partition coefficient (Wildman–Crippen LogP) is 1.05. The van der Waals surface area contributed by atoms with Crippen molar-refractivity contribution in [2.75, 3.05) is 31.5 Å². The fraction of sp³-hybridized carbons (Fsp3) is 0.750. The first kappa shape index (κ1) is 8.90. The molecule has 72 valence electrons. The molecule has 1 saturated heterocycles. The summed E-state index contributed by atoms with van der Waals surface area (Å²) in [4.78, 5) is 2.48. The summed E-state index contributed by atoms with van der Waals surface area (Å²) in [6.45, 7) is 4.63. The third-order valence-corrected chi connectivity index (χ3v) is 2.91. The SMILES string of the molecule is c1nnc(NCCN2CCCC2)s1. The minimum absolute atomic E-state index is 0.930. The zero-order chi connectivity index (χ0) is 8.93. The second-order valence-electron chi connectivity index (χ2n) is 3.22. The van der Waals surface area contributed by atoms with Gasteiger partial charge in [-0.2, -0.15) is 0 Å². The summed E-state index contributed by atoms with van der Waals surface area (Å²) in [5, 5.41) is 11.9. The normalized spacial score (nSPS) is 17.8. The van der Waals surface area contributed by atoms with Gasteiger partial charge in [-0.3, -0.25) is 0 Å². The van der Waals surface area contributed by atoms with Gasteiger partial charge in [0.2, 0.25) is 5.13 Å². The van der Waals surface area contributed by atoms with Crippen LogP contribution in [0.2, 0.25) is 0 Å². The monoisotopic (exact) mass is 198 g/mol. The molecule has 0 spiro atoms. The van der Waals surface area contributed by atoms with Crippen LogP contribution in [0.5, 0.6) is 0 Å². The van der Waals surface area contributed by atoms with Gasteiger partial charge in [-0.05, 0) is 25.9 Å². The highest BCUT2D eigenvalue weighted by Crippen LogP contribution is 2.09. The largest absolute Gasteiger partial charge is 0.359 e. The topological polar surface area (TPSA) is 41.1 Å². The van der Waals surface area contributed by atoms with Crippen LogP contribution >= 0.6 is 11.3 Å². The van der Waals surface area contributed by atoms with E-state index in [1.807, 2.05) is 0 Å². The van der Waals surface area contributed by atoms with Gasteiger partial charge in [-0.25, -0.2) is 0 Å². The highest BCUT2D eigenvalue weighted by molar-refractivity contribution is 7.13. The van der Waals surface area contributed by atoms with Crippen LogP contribution in [-0.2, 0) is 0 Å². The third kappa shape index (κ3) is 2.63. The van der Waals surface area contributed by atoms with Crippen molar-refractivity contribution >= 4 is 16.5 Å². The summed E-state index contributed by atoms with van der Waals surface area (Å²) in [6, 6.07) is 0. The molecule has 0 saturated carbocycles. The molecule has 0 atom stereocenters. The Balaban J connectivity index is 1.63. The molecule has 0 amide bonds. The molecule has 1 aromatic heterocycles. The lowest BCUT2D eigenvalue weighted by molar-refractivity contribution is 0.352. The Morgan fingerprint density at radius 3 is 3.00 bits per heavy atom. The summed E-state index contributed by atoms with van der Waals surface area (Å²) in [7, 11) is 0. The Labute approximate surface area is 82.0 Å². The smallest absolute Gasteiger partial charge is 0.205 e. The van der Waals surface area contributed by atoms with E-state index in [9.17, 15) is 0 Å². The molecule has 1 fully saturated rings. The molecule has 0 unspecified atom stereocenters. The first-order chi connectivity index (χ1) is 6.45. The van der Waals surface area contributed by atoms with Gasteiger partial charge in [0.15, 0.2) is 0 Å². The number of rotatable bonds is 4. The van der Waals surface area contributed by atoms with E-state index in [4.69, 9.17) is 0 Å². The van der Waals surface area contributed by atoms with E-state index in [0.29, 0.717) is 0 Å². The number of nitrogens with one attached hydrogen (secondary N) is 1. The van der Waals surface area contributed by atoms with Crippen LogP contribution in [0.15, 0.2) is 5.51 Å². The van der Waals surface area contributed by atoms with E-state index < -0.39 is 0 Å². The van der Waals surface area contributed by atoms with Crippen molar-refractivity contribution < 1.29 is 0 Å². The van der Waals surface area contributed by atoms with Gasteiger partial charge >= 0.3 is 0 Å². The number of aromatic nitrogens is 2. The molecule has 0 aromatic carbocycles. The van der Waals surface area contributed by atoms with Crippen molar-refractivity contribution in [3.05, 3.63) is 5.51 Å². The number of hydrogen-bond donors (Lipinski definition) is 1. The minimum atomic E-state index is 0.930. The molecule has 4 nitrogen and oxygen atoms in total. The van der Waals surface area contributed by atoms with Crippen LogP contribution in [0.3, 0.4) is 0 Å². The van der Waals surface area contributed by atoms with Gasteiger partial charge in [0.05, 0.1) is 0 Å². The van der Waals surface area contributed by atoms with E-state index in [1.165, 1.54) is 25.9 Å². The van der Waals surface area contributed by atoms with E-state index in [1.54, 1.807) is 16.8 Å². The number of likely N-dealkylation sites (tertiary alicyclic amines) is 1. The maximum Gasteiger partial charge on any atom is 0.205 e. The first-order valence-electron chi connectivity index (χ1n) is 4.67. The Bertz CT molecular complexity index is 230. The van der Waals surface area contributed by atoms with E-state index in [2.05, 4.69) is 20.4 Å². The Kier molecular flexibility index (Phi) is 3.10. The van der Waals surface area contributed by atoms with Gasteiger partial charge in [-0.1, -0.05) is 11.3 Å². The first-order valence-corrected chi connectivity index (χ1v) is 5.55. The number of nitrogens with zero attached hydrogens (tertiary/aromatic N) is 3. The number of hydrogen-bond acceptors (Lipinski definition) is 5.